The zero-order chi connectivity index (χ0) is 25.8. The lowest BCUT2D eigenvalue weighted by Crippen LogP contribution is -2.06. The number of phenolic OH excluding ortho intramolecular Hbond substituents is 2. The van der Waals surface area contributed by atoms with Gasteiger partial charge in [-0.05, 0) is 59.8 Å². The van der Waals surface area contributed by atoms with E-state index >= 15 is 0 Å². The molecule has 35 heavy (non-hydrogen) atoms. The van der Waals surface area contributed by atoms with Crippen LogP contribution in [0.5, 0.6) is 11.5 Å². The van der Waals surface area contributed by atoms with Crippen LogP contribution in [0.25, 0.3) is 0 Å². The Kier molecular flexibility index (Phi) is 12.7. The quantitative estimate of drug-likeness (QED) is 0.251. The van der Waals surface area contributed by atoms with Gasteiger partial charge in [0.05, 0.1) is 0 Å². The van der Waals surface area contributed by atoms with Crippen molar-refractivity contribution >= 4 is 0 Å². The molecule has 196 valence electrons. The zero-order valence-corrected chi connectivity index (χ0v) is 23.4. The maximum Gasteiger partial charge on any atom is 0.119 e. The van der Waals surface area contributed by atoms with E-state index < -0.39 is 0 Å². The van der Waals surface area contributed by atoms with Gasteiger partial charge >= 0.3 is 0 Å². The molecule has 2 aromatic rings. The fraction of sp³-hybridized carbons (Fsp3) is 0.636. The Morgan fingerprint density at radius 3 is 1.34 bits per heavy atom. The van der Waals surface area contributed by atoms with Crippen LogP contribution >= 0.6 is 0 Å². The second-order valence-electron chi connectivity index (χ2n) is 11.3. The Morgan fingerprint density at radius 1 is 0.571 bits per heavy atom. The van der Waals surface area contributed by atoms with Gasteiger partial charge < -0.3 is 10.2 Å². The SMILES string of the molecule is CCCC(C)CCCC(C)c1cccc(O)c1Cc1c(O)cccc1C(C)CCCC(C)CCC. The van der Waals surface area contributed by atoms with Crippen LogP contribution in [0, 0.1) is 11.8 Å². The first-order valence-corrected chi connectivity index (χ1v) is 14.4. The minimum Gasteiger partial charge on any atom is -0.508 e. The van der Waals surface area contributed by atoms with E-state index in [1.165, 1.54) is 62.5 Å². The number of rotatable bonds is 16. The third-order valence-electron chi connectivity index (χ3n) is 8.02. The number of hydrogen-bond acceptors (Lipinski definition) is 2. The van der Waals surface area contributed by atoms with Crippen molar-refractivity contribution in [1.29, 1.82) is 0 Å². The van der Waals surface area contributed by atoms with Gasteiger partial charge in [-0.2, -0.15) is 0 Å². The van der Waals surface area contributed by atoms with Gasteiger partial charge in [0, 0.05) is 17.5 Å². The van der Waals surface area contributed by atoms with Crippen molar-refractivity contribution in [3.8, 4) is 11.5 Å². The van der Waals surface area contributed by atoms with Gasteiger partial charge in [0.2, 0.25) is 0 Å². The van der Waals surface area contributed by atoms with Gasteiger partial charge in [-0.1, -0.05) is 117 Å². The molecule has 0 radical (unpaired) electrons. The second-order valence-corrected chi connectivity index (χ2v) is 11.3. The lowest BCUT2D eigenvalue weighted by Gasteiger charge is -2.22. The van der Waals surface area contributed by atoms with E-state index in [9.17, 15) is 10.2 Å². The molecule has 0 heterocycles. The molecule has 0 aliphatic rings. The maximum absolute atomic E-state index is 10.9. The van der Waals surface area contributed by atoms with Crippen molar-refractivity contribution in [3.63, 3.8) is 0 Å². The fourth-order valence-electron chi connectivity index (χ4n) is 5.80. The summed E-state index contributed by atoms with van der Waals surface area (Å²) in [6, 6.07) is 11.9. The normalized spacial score (nSPS) is 15.0. The van der Waals surface area contributed by atoms with Crippen LogP contribution in [0.1, 0.15) is 140 Å². The molecular formula is C33H52O2. The minimum atomic E-state index is 0.351. The molecule has 2 nitrogen and oxygen atoms in total. The van der Waals surface area contributed by atoms with Crippen molar-refractivity contribution in [3.05, 3.63) is 58.7 Å². The average molecular weight is 481 g/mol. The lowest BCUT2D eigenvalue weighted by atomic mass is 9.84. The van der Waals surface area contributed by atoms with E-state index in [2.05, 4.69) is 53.7 Å². The van der Waals surface area contributed by atoms with Gasteiger partial charge in [0.1, 0.15) is 11.5 Å². The van der Waals surface area contributed by atoms with E-state index in [0.717, 1.165) is 35.8 Å². The summed E-state index contributed by atoms with van der Waals surface area (Å²) in [6.45, 7) is 13.8. The van der Waals surface area contributed by atoms with Crippen LogP contribution in [-0.2, 0) is 6.42 Å². The lowest BCUT2D eigenvalue weighted by molar-refractivity contribution is 0.443. The molecular weight excluding hydrogens is 428 g/mol. The molecule has 0 amide bonds. The van der Waals surface area contributed by atoms with Crippen molar-refractivity contribution in [2.75, 3.05) is 0 Å². The first-order valence-electron chi connectivity index (χ1n) is 14.4. The summed E-state index contributed by atoms with van der Waals surface area (Å²) in [5, 5.41) is 21.8. The first-order chi connectivity index (χ1) is 16.8. The van der Waals surface area contributed by atoms with Gasteiger partial charge in [0.15, 0.2) is 0 Å². The van der Waals surface area contributed by atoms with Crippen LogP contribution in [0.4, 0.5) is 0 Å². The number of phenols is 2. The highest BCUT2D eigenvalue weighted by molar-refractivity contribution is 5.50. The van der Waals surface area contributed by atoms with Gasteiger partial charge in [0.25, 0.3) is 0 Å². The largest absolute Gasteiger partial charge is 0.508 e. The summed E-state index contributed by atoms with van der Waals surface area (Å²) in [4.78, 5) is 0. The maximum atomic E-state index is 10.9. The highest BCUT2D eigenvalue weighted by Gasteiger charge is 2.20. The standard InChI is InChI=1S/C33H52O2/c1-7-13-24(3)15-9-17-26(5)28-19-11-21-32(34)30(28)23-31-29(20-12-22-33(31)35)27(6)18-10-16-25(4)14-8-2/h11-12,19-22,24-27,34-35H,7-10,13-18,23H2,1-6H3. The van der Waals surface area contributed by atoms with E-state index in [0.29, 0.717) is 29.8 Å². The summed E-state index contributed by atoms with van der Waals surface area (Å²) < 4.78 is 0. The van der Waals surface area contributed by atoms with Crippen molar-refractivity contribution in [2.24, 2.45) is 11.8 Å². The van der Waals surface area contributed by atoms with Crippen LogP contribution in [-0.4, -0.2) is 10.2 Å². The summed E-state index contributed by atoms with van der Waals surface area (Å²) in [5.74, 6) is 3.04. The topological polar surface area (TPSA) is 40.5 Å². The van der Waals surface area contributed by atoms with Crippen LogP contribution in [0.15, 0.2) is 36.4 Å². The molecule has 0 bridgehead atoms. The highest BCUT2D eigenvalue weighted by atomic mass is 16.3. The Bertz CT molecular complexity index is 800. The van der Waals surface area contributed by atoms with Crippen molar-refractivity contribution in [1.82, 2.24) is 0 Å². The summed E-state index contributed by atoms with van der Waals surface area (Å²) in [7, 11) is 0. The van der Waals surface area contributed by atoms with E-state index in [4.69, 9.17) is 0 Å². The Labute approximate surface area is 216 Å². The molecule has 0 saturated carbocycles. The van der Waals surface area contributed by atoms with E-state index in [-0.39, 0.29) is 0 Å². The molecule has 2 rings (SSSR count). The summed E-state index contributed by atoms with van der Waals surface area (Å²) >= 11 is 0. The van der Waals surface area contributed by atoms with Gasteiger partial charge in [-0.25, -0.2) is 0 Å². The first kappa shape index (κ1) is 29.3. The Balaban J connectivity index is 2.18. The molecule has 0 spiro atoms. The number of aromatic hydroxyl groups is 2. The third kappa shape index (κ3) is 9.21. The predicted octanol–water partition coefficient (Wildman–Crippen LogP) is 10.1. The van der Waals surface area contributed by atoms with Gasteiger partial charge in [-0.3, -0.25) is 0 Å². The number of hydrogen-bond donors (Lipinski definition) is 2. The Morgan fingerprint density at radius 2 is 0.971 bits per heavy atom. The monoisotopic (exact) mass is 480 g/mol. The second kappa shape index (κ2) is 15.2. The average Bonchev–Trinajstić information content (AvgIpc) is 2.81. The molecule has 0 fully saturated rings. The van der Waals surface area contributed by atoms with E-state index in [1.54, 1.807) is 12.1 Å². The van der Waals surface area contributed by atoms with Crippen molar-refractivity contribution < 1.29 is 10.2 Å². The smallest absolute Gasteiger partial charge is 0.119 e. The molecule has 0 aliphatic heterocycles. The molecule has 0 saturated heterocycles. The summed E-state index contributed by atoms with van der Waals surface area (Å²) in [5.41, 5.74) is 4.41. The molecule has 2 heteroatoms. The van der Waals surface area contributed by atoms with Crippen molar-refractivity contribution in [2.45, 2.75) is 124 Å². The fourth-order valence-corrected chi connectivity index (χ4v) is 5.80. The molecule has 0 aliphatic carbocycles. The molecule has 2 N–H and O–H groups in total. The van der Waals surface area contributed by atoms with E-state index in [1.807, 2.05) is 12.1 Å². The molecule has 4 atom stereocenters. The predicted molar refractivity (Wildman–Crippen MR) is 152 cm³/mol. The van der Waals surface area contributed by atoms with Crippen LogP contribution in [0.3, 0.4) is 0 Å². The minimum absolute atomic E-state index is 0.351. The number of benzene rings is 2. The Hall–Kier alpha value is -1.96. The van der Waals surface area contributed by atoms with Crippen LogP contribution < -0.4 is 0 Å². The summed E-state index contributed by atoms with van der Waals surface area (Å²) in [6.07, 6.45) is 12.9. The molecule has 0 aromatic heterocycles. The molecule has 4 unspecified atom stereocenters. The van der Waals surface area contributed by atoms with Gasteiger partial charge in [-0.15, -0.1) is 0 Å². The highest BCUT2D eigenvalue weighted by Crippen LogP contribution is 2.37. The van der Waals surface area contributed by atoms with Crippen LogP contribution in [0.2, 0.25) is 0 Å². The zero-order valence-electron chi connectivity index (χ0n) is 23.4. The molecule has 2 aromatic carbocycles. The third-order valence-corrected chi connectivity index (χ3v) is 8.02.